The maximum Gasteiger partial charge on any atom is 0.326 e. The zero-order valence-electron chi connectivity index (χ0n) is 9.97. The quantitative estimate of drug-likeness (QED) is 0.447. The van der Waals surface area contributed by atoms with Crippen molar-refractivity contribution in [2.45, 2.75) is 38.8 Å². The van der Waals surface area contributed by atoms with E-state index in [2.05, 4.69) is 5.32 Å². The van der Waals surface area contributed by atoms with Crippen molar-refractivity contribution in [3.8, 4) is 0 Å². The van der Waals surface area contributed by atoms with Gasteiger partial charge < -0.3 is 21.9 Å². The van der Waals surface area contributed by atoms with Crippen molar-refractivity contribution in [3.63, 3.8) is 0 Å². The van der Waals surface area contributed by atoms with Crippen LogP contribution in [0.25, 0.3) is 0 Å². The van der Waals surface area contributed by atoms with Gasteiger partial charge in [-0.1, -0.05) is 13.8 Å². The van der Waals surface area contributed by atoms with Crippen LogP contribution in [0.1, 0.15) is 26.7 Å². The van der Waals surface area contributed by atoms with Crippen LogP contribution in [0.5, 0.6) is 0 Å². The minimum Gasteiger partial charge on any atom is -0.480 e. The predicted molar refractivity (Wildman–Crippen MR) is 60.8 cm³/mol. The van der Waals surface area contributed by atoms with Gasteiger partial charge in [0, 0.05) is 6.42 Å². The Morgan fingerprint density at radius 2 is 1.82 bits per heavy atom. The molecule has 98 valence electrons. The minimum absolute atomic E-state index is 0.0405. The fourth-order valence-electron chi connectivity index (χ4n) is 1.11. The third-order valence-corrected chi connectivity index (χ3v) is 2.31. The molecule has 7 heteroatoms. The van der Waals surface area contributed by atoms with E-state index in [4.69, 9.17) is 16.6 Å². The number of aliphatic carboxylic acids is 1. The smallest absolute Gasteiger partial charge is 0.326 e. The molecule has 0 saturated carbocycles. The van der Waals surface area contributed by atoms with Crippen LogP contribution in [0.15, 0.2) is 0 Å². The van der Waals surface area contributed by atoms with Crippen LogP contribution in [0.2, 0.25) is 0 Å². The van der Waals surface area contributed by atoms with E-state index < -0.39 is 29.9 Å². The summed E-state index contributed by atoms with van der Waals surface area (Å²) >= 11 is 0. The summed E-state index contributed by atoms with van der Waals surface area (Å²) in [5.41, 5.74) is 10.5. The topological polar surface area (TPSA) is 136 Å². The summed E-state index contributed by atoms with van der Waals surface area (Å²) in [7, 11) is 0. The van der Waals surface area contributed by atoms with E-state index in [1.54, 1.807) is 13.8 Å². The first-order valence-corrected chi connectivity index (χ1v) is 5.32. The Morgan fingerprint density at radius 1 is 1.29 bits per heavy atom. The van der Waals surface area contributed by atoms with Gasteiger partial charge in [0.1, 0.15) is 6.04 Å². The van der Waals surface area contributed by atoms with E-state index in [-0.39, 0.29) is 18.8 Å². The van der Waals surface area contributed by atoms with Crippen LogP contribution in [0, 0.1) is 5.92 Å². The highest BCUT2D eigenvalue weighted by Gasteiger charge is 2.24. The molecule has 0 aromatic heterocycles. The molecular formula is C10H19N3O4. The van der Waals surface area contributed by atoms with Gasteiger partial charge in [0.25, 0.3) is 0 Å². The molecule has 0 radical (unpaired) electrons. The first-order chi connectivity index (χ1) is 7.75. The van der Waals surface area contributed by atoms with Crippen LogP contribution in [0.3, 0.4) is 0 Å². The van der Waals surface area contributed by atoms with Crippen molar-refractivity contribution in [1.29, 1.82) is 0 Å². The molecule has 0 aliphatic heterocycles. The lowest BCUT2D eigenvalue weighted by molar-refractivity contribution is -0.142. The van der Waals surface area contributed by atoms with Crippen molar-refractivity contribution in [2.24, 2.45) is 17.4 Å². The summed E-state index contributed by atoms with van der Waals surface area (Å²) < 4.78 is 0. The summed E-state index contributed by atoms with van der Waals surface area (Å²) in [5.74, 6) is -2.47. The third-order valence-electron chi connectivity index (χ3n) is 2.31. The second kappa shape index (κ2) is 6.85. The van der Waals surface area contributed by atoms with Gasteiger partial charge >= 0.3 is 5.97 Å². The molecule has 0 aromatic rings. The Morgan fingerprint density at radius 3 is 2.18 bits per heavy atom. The maximum absolute atomic E-state index is 11.5. The number of primary amides is 1. The summed E-state index contributed by atoms with van der Waals surface area (Å²) in [6.07, 6.45) is -0.143. The maximum atomic E-state index is 11.5. The molecule has 0 aliphatic rings. The van der Waals surface area contributed by atoms with Crippen LogP contribution in [-0.4, -0.2) is 35.0 Å². The molecule has 0 bridgehead atoms. The average Bonchev–Trinajstić information content (AvgIpc) is 2.21. The highest BCUT2D eigenvalue weighted by atomic mass is 16.4. The number of carbonyl (C=O) groups excluding carboxylic acids is 2. The average molecular weight is 245 g/mol. The highest BCUT2D eigenvalue weighted by molar-refractivity contribution is 5.87. The molecule has 6 N–H and O–H groups in total. The largest absolute Gasteiger partial charge is 0.480 e. The van der Waals surface area contributed by atoms with Crippen LogP contribution < -0.4 is 16.8 Å². The molecule has 0 heterocycles. The van der Waals surface area contributed by atoms with Crippen molar-refractivity contribution in [3.05, 3.63) is 0 Å². The summed E-state index contributed by atoms with van der Waals surface area (Å²) in [6.45, 7) is 3.51. The Kier molecular flexibility index (Phi) is 6.19. The summed E-state index contributed by atoms with van der Waals surface area (Å²) in [6, 6.07) is -1.91. The zero-order chi connectivity index (χ0) is 13.6. The Balaban J connectivity index is 4.39. The van der Waals surface area contributed by atoms with Gasteiger partial charge in [0.2, 0.25) is 11.8 Å². The normalized spacial score (nSPS) is 14.1. The number of nitrogens with one attached hydrogen (secondary N) is 1. The summed E-state index contributed by atoms with van der Waals surface area (Å²) in [4.78, 5) is 32.9. The van der Waals surface area contributed by atoms with Crippen LogP contribution >= 0.6 is 0 Å². The molecule has 17 heavy (non-hydrogen) atoms. The molecule has 0 fully saturated rings. The number of carboxylic acid groups (broad SMARTS) is 1. The Hall–Kier alpha value is -1.63. The molecule has 0 rings (SSSR count). The Bertz CT molecular complexity index is 304. The fraction of sp³-hybridized carbons (Fsp3) is 0.700. The van der Waals surface area contributed by atoms with Crippen LogP contribution in [0.4, 0.5) is 0 Å². The molecule has 7 nitrogen and oxygen atoms in total. The number of nitrogens with two attached hydrogens (primary N) is 2. The van der Waals surface area contributed by atoms with E-state index in [9.17, 15) is 14.4 Å². The van der Waals surface area contributed by atoms with Gasteiger partial charge in [-0.2, -0.15) is 0 Å². The van der Waals surface area contributed by atoms with E-state index in [1.807, 2.05) is 0 Å². The van der Waals surface area contributed by atoms with Gasteiger partial charge in [-0.3, -0.25) is 9.59 Å². The number of hydrogen-bond donors (Lipinski definition) is 4. The van der Waals surface area contributed by atoms with Gasteiger partial charge in [0.05, 0.1) is 6.04 Å². The van der Waals surface area contributed by atoms with Gasteiger partial charge in [-0.25, -0.2) is 4.79 Å². The molecule has 1 unspecified atom stereocenters. The molecule has 2 atom stereocenters. The van der Waals surface area contributed by atoms with Crippen LogP contribution in [-0.2, 0) is 14.4 Å². The summed E-state index contributed by atoms with van der Waals surface area (Å²) in [5, 5.41) is 11.1. The lowest BCUT2D eigenvalue weighted by Gasteiger charge is -2.19. The lowest BCUT2D eigenvalue weighted by Crippen LogP contribution is -2.50. The van der Waals surface area contributed by atoms with Crippen molar-refractivity contribution < 1.29 is 19.5 Å². The molecule has 0 saturated heterocycles. The Labute approximate surface area is 99.5 Å². The molecular weight excluding hydrogens is 226 g/mol. The number of amides is 2. The molecule has 2 amide bonds. The van der Waals surface area contributed by atoms with E-state index in [0.29, 0.717) is 0 Å². The van der Waals surface area contributed by atoms with E-state index in [0.717, 1.165) is 0 Å². The number of carboxylic acids is 1. The second-order valence-corrected chi connectivity index (χ2v) is 4.17. The number of carbonyl (C=O) groups is 3. The first kappa shape index (κ1) is 15.4. The third kappa shape index (κ3) is 5.86. The predicted octanol–water partition coefficient (Wildman–Crippen LogP) is -1.20. The van der Waals surface area contributed by atoms with E-state index >= 15 is 0 Å². The SMILES string of the molecule is CC(C)[C@@H](N)C(=O)NC(CCC(N)=O)C(=O)O. The monoisotopic (exact) mass is 245 g/mol. The van der Waals surface area contributed by atoms with Crippen molar-refractivity contribution in [1.82, 2.24) is 5.32 Å². The standard InChI is InChI=1S/C10H19N3O4/c1-5(2)8(12)9(15)13-6(10(16)17)3-4-7(11)14/h5-6,8H,3-4,12H2,1-2H3,(H2,11,14)(H,13,15)(H,16,17)/t6?,8-/m1/s1. The van der Waals surface area contributed by atoms with Gasteiger partial charge in [0.15, 0.2) is 0 Å². The van der Waals surface area contributed by atoms with Gasteiger partial charge in [-0.05, 0) is 12.3 Å². The molecule has 0 aliphatic carbocycles. The second-order valence-electron chi connectivity index (χ2n) is 4.17. The minimum atomic E-state index is -1.21. The number of rotatable bonds is 7. The molecule has 0 spiro atoms. The fourth-order valence-corrected chi connectivity index (χ4v) is 1.11. The lowest BCUT2D eigenvalue weighted by atomic mass is 10.0. The first-order valence-electron chi connectivity index (χ1n) is 5.32. The van der Waals surface area contributed by atoms with Crippen molar-refractivity contribution in [2.75, 3.05) is 0 Å². The van der Waals surface area contributed by atoms with E-state index in [1.165, 1.54) is 0 Å². The zero-order valence-corrected chi connectivity index (χ0v) is 9.97. The molecule has 0 aromatic carbocycles. The number of hydrogen-bond acceptors (Lipinski definition) is 4. The van der Waals surface area contributed by atoms with Gasteiger partial charge in [-0.15, -0.1) is 0 Å². The highest BCUT2D eigenvalue weighted by Crippen LogP contribution is 2.02. The van der Waals surface area contributed by atoms with Crippen molar-refractivity contribution >= 4 is 17.8 Å².